The molecule has 1 heterocycles. The van der Waals surface area contributed by atoms with Gasteiger partial charge in [0, 0.05) is 22.6 Å². The van der Waals surface area contributed by atoms with Crippen LogP contribution in [0.2, 0.25) is 5.02 Å². The molecule has 0 saturated carbocycles. The van der Waals surface area contributed by atoms with Crippen molar-refractivity contribution in [2.45, 2.75) is 13.3 Å². The highest BCUT2D eigenvalue weighted by atomic mass is 35.5. The summed E-state index contributed by atoms with van der Waals surface area (Å²) in [4.78, 5) is 42.5. The van der Waals surface area contributed by atoms with E-state index in [4.69, 9.17) is 16.3 Å². The molecule has 6 nitrogen and oxygen atoms in total. The van der Waals surface area contributed by atoms with Gasteiger partial charge < -0.3 is 9.72 Å². The Morgan fingerprint density at radius 3 is 2.25 bits per heavy atom. The van der Waals surface area contributed by atoms with Gasteiger partial charge in [0.15, 0.2) is 17.8 Å². The average Bonchev–Trinajstić information content (AvgIpc) is 3.12. The molecule has 0 radical (unpaired) electrons. The second-order valence-corrected chi connectivity index (χ2v) is 6.43. The van der Waals surface area contributed by atoms with Crippen molar-refractivity contribution in [3.8, 4) is 0 Å². The molecule has 0 amide bonds. The maximum atomic E-state index is 12.5. The quantitative estimate of drug-likeness (QED) is 0.372. The molecular weight excluding hydrogens is 380 g/mol. The van der Waals surface area contributed by atoms with Crippen LogP contribution in [0, 0.1) is 0 Å². The fourth-order valence-corrected chi connectivity index (χ4v) is 2.82. The zero-order valence-corrected chi connectivity index (χ0v) is 15.8. The number of hydrogen-bond acceptors (Lipinski definition) is 5. The summed E-state index contributed by atoms with van der Waals surface area (Å²) < 4.78 is 4.90. The number of carbonyl (C=O) groups excluding carboxylic acids is 3. The van der Waals surface area contributed by atoms with Crippen LogP contribution in [0.15, 0.2) is 48.5 Å². The van der Waals surface area contributed by atoms with Crippen LogP contribution >= 0.6 is 11.6 Å². The Bertz CT molecular complexity index is 1010. The van der Waals surface area contributed by atoms with E-state index in [0.717, 1.165) is 5.56 Å². The number of ketones is 1. The van der Waals surface area contributed by atoms with Crippen molar-refractivity contribution in [1.82, 2.24) is 9.97 Å². The molecule has 3 aromatic rings. The zero-order valence-electron chi connectivity index (χ0n) is 15.1. The molecule has 0 saturated heterocycles. The van der Waals surface area contributed by atoms with Crippen LogP contribution in [-0.4, -0.2) is 34.6 Å². The number of carbonyl (C=O) groups is 3. The topological polar surface area (TPSA) is 89.1 Å². The number of nitrogens with zero attached hydrogens (tertiary/aromatic N) is 1. The van der Waals surface area contributed by atoms with Gasteiger partial charge in [-0.1, -0.05) is 35.9 Å². The molecule has 3 rings (SSSR count). The van der Waals surface area contributed by atoms with Crippen LogP contribution in [0.25, 0.3) is 0 Å². The van der Waals surface area contributed by atoms with Crippen LogP contribution in [0.1, 0.15) is 55.2 Å². The van der Waals surface area contributed by atoms with Gasteiger partial charge in [0.2, 0.25) is 0 Å². The van der Waals surface area contributed by atoms with Gasteiger partial charge in [-0.15, -0.1) is 0 Å². The van der Waals surface area contributed by atoms with E-state index in [1.807, 2.05) is 0 Å². The van der Waals surface area contributed by atoms with E-state index in [1.54, 1.807) is 55.5 Å². The van der Waals surface area contributed by atoms with E-state index in [9.17, 15) is 14.4 Å². The molecule has 7 heteroatoms. The van der Waals surface area contributed by atoms with Gasteiger partial charge in [-0.2, -0.15) is 0 Å². The maximum absolute atomic E-state index is 12.5. The number of imidazole rings is 1. The predicted molar refractivity (Wildman–Crippen MR) is 104 cm³/mol. The molecule has 28 heavy (non-hydrogen) atoms. The number of rotatable bonds is 7. The van der Waals surface area contributed by atoms with Gasteiger partial charge in [0.25, 0.3) is 0 Å². The number of H-pyrrole nitrogens is 1. The molecule has 0 bridgehead atoms. The minimum Gasteiger partial charge on any atom is -0.461 e. The third-order valence-electron chi connectivity index (χ3n) is 4.06. The number of benzene rings is 2. The van der Waals surface area contributed by atoms with Crippen molar-refractivity contribution in [1.29, 1.82) is 0 Å². The van der Waals surface area contributed by atoms with Gasteiger partial charge in [-0.25, -0.2) is 9.78 Å². The van der Waals surface area contributed by atoms with Crippen molar-refractivity contribution >= 4 is 29.6 Å². The van der Waals surface area contributed by atoms with Crippen LogP contribution < -0.4 is 0 Å². The van der Waals surface area contributed by atoms with E-state index >= 15 is 0 Å². The standard InChI is InChI=1S/C21H17ClN2O4/c1-2-28-21(27)19-17(12-25)23-18(24-19)11-13-3-5-14(6-4-13)20(26)15-7-9-16(22)10-8-15/h3-10,12H,2,11H2,1H3,(H,23,24). The smallest absolute Gasteiger partial charge is 0.359 e. The van der Waals surface area contributed by atoms with Crippen molar-refractivity contribution in [3.63, 3.8) is 0 Å². The fourth-order valence-electron chi connectivity index (χ4n) is 2.70. The number of aromatic amines is 1. The molecule has 1 N–H and O–H groups in total. The molecule has 1 aromatic heterocycles. The first kappa shape index (κ1) is 19.5. The van der Waals surface area contributed by atoms with Crippen LogP contribution in [-0.2, 0) is 11.2 Å². The van der Waals surface area contributed by atoms with Crippen molar-refractivity contribution in [2.24, 2.45) is 0 Å². The first-order valence-corrected chi connectivity index (χ1v) is 9.00. The lowest BCUT2D eigenvalue weighted by Crippen LogP contribution is -2.07. The molecule has 0 aliphatic carbocycles. The highest BCUT2D eigenvalue weighted by Crippen LogP contribution is 2.16. The first-order valence-electron chi connectivity index (χ1n) is 8.62. The first-order chi connectivity index (χ1) is 13.5. The second kappa shape index (κ2) is 8.63. The molecule has 0 atom stereocenters. The Kier molecular flexibility index (Phi) is 6.01. The SMILES string of the molecule is CCOC(=O)c1nc(Cc2ccc(C(=O)c3ccc(Cl)cc3)cc2)[nH]c1C=O. The summed E-state index contributed by atoms with van der Waals surface area (Å²) in [6.07, 6.45) is 0.909. The largest absolute Gasteiger partial charge is 0.461 e. The molecule has 0 aliphatic rings. The number of ether oxygens (including phenoxy) is 1. The number of halogens is 1. The normalized spacial score (nSPS) is 10.5. The highest BCUT2D eigenvalue weighted by Gasteiger charge is 2.18. The molecule has 142 valence electrons. The molecular formula is C21H17ClN2O4. The fraction of sp³-hybridized carbons (Fsp3) is 0.143. The summed E-state index contributed by atoms with van der Waals surface area (Å²) in [5.41, 5.74) is 2.03. The van der Waals surface area contributed by atoms with Crippen molar-refractivity contribution < 1.29 is 19.1 Å². The maximum Gasteiger partial charge on any atom is 0.359 e. The number of nitrogens with one attached hydrogen (secondary N) is 1. The summed E-state index contributed by atoms with van der Waals surface area (Å²) in [6.45, 7) is 1.88. The lowest BCUT2D eigenvalue weighted by molar-refractivity contribution is 0.0517. The Hall–Kier alpha value is -3.25. The summed E-state index contributed by atoms with van der Waals surface area (Å²) in [5.74, 6) is -0.285. The molecule has 2 aromatic carbocycles. The predicted octanol–water partition coefficient (Wildman–Crippen LogP) is 3.87. The number of aromatic nitrogens is 2. The Balaban J connectivity index is 1.75. The summed E-state index contributed by atoms with van der Waals surface area (Å²) >= 11 is 5.85. The lowest BCUT2D eigenvalue weighted by atomic mass is 10.0. The Morgan fingerprint density at radius 1 is 1.07 bits per heavy atom. The molecule has 0 spiro atoms. The molecule has 0 fully saturated rings. The van der Waals surface area contributed by atoms with E-state index < -0.39 is 5.97 Å². The number of hydrogen-bond donors (Lipinski definition) is 1. The Morgan fingerprint density at radius 2 is 1.68 bits per heavy atom. The van der Waals surface area contributed by atoms with Crippen LogP contribution in [0.5, 0.6) is 0 Å². The summed E-state index contributed by atoms with van der Waals surface area (Å²) in [6, 6.07) is 13.8. The second-order valence-electron chi connectivity index (χ2n) is 5.99. The monoisotopic (exact) mass is 396 g/mol. The lowest BCUT2D eigenvalue weighted by Gasteiger charge is -2.03. The van der Waals surface area contributed by atoms with Crippen molar-refractivity contribution in [3.05, 3.63) is 87.5 Å². The zero-order chi connectivity index (χ0) is 20.1. The highest BCUT2D eigenvalue weighted by molar-refractivity contribution is 6.30. The number of esters is 1. The van der Waals surface area contributed by atoms with Gasteiger partial charge in [0.05, 0.1) is 6.61 Å². The summed E-state index contributed by atoms with van der Waals surface area (Å²) in [5, 5.41) is 0.572. The third-order valence-corrected chi connectivity index (χ3v) is 4.31. The minimum atomic E-state index is -0.643. The van der Waals surface area contributed by atoms with Gasteiger partial charge in [0.1, 0.15) is 11.5 Å². The van der Waals surface area contributed by atoms with E-state index in [2.05, 4.69) is 9.97 Å². The van der Waals surface area contributed by atoms with E-state index in [0.29, 0.717) is 34.7 Å². The third kappa shape index (κ3) is 4.35. The van der Waals surface area contributed by atoms with E-state index in [-0.39, 0.29) is 23.8 Å². The van der Waals surface area contributed by atoms with Crippen molar-refractivity contribution in [2.75, 3.05) is 6.61 Å². The Labute approximate surface area is 166 Å². The minimum absolute atomic E-state index is 0.0265. The molecule has 0 aliphatic heterocycles. The summed E-state index contributed by atoms with van der Waals surface area (Å²) in [7, 11) is 0. The van der Waals surface area contributed by atoms with Gasteiger partial charge in [-0.05, 0) is 36.8 Å². The van der Waals surface area contributed by atoms with Gasteiger partial charge in [-0.3, -0.25) is 9.59 Å². The average molecular weight is 397 g/mol. The number of aldehydes is 1. The van der Waals surface area contributed by atoms with Crippen LogP contribution in [0.3, 0.4) is 0 Å². The van der Waals surface area contributed by atoms with E-state index in [1.165, 1.54) is 0 Å². The van der Waals surface area contributed by atoms with Crippen LogP contribution in [0.4, 0.5) is 0 Å². The van der Waals surface area contributed by atoms with Gasteiger partial charge >= 0.3 is 5.97 Å². The molecule has 0 unspecified atom stereocenters.